The third-order valence-electron chi connectivity index (χ3n) is 3.24. The van der Waals surface area contributed by atoms with E-state index in [1.807, 2.05) is 0 Å². The number of benzene rings is 2. The number of hydrogen-bond acceptors (Lipinski definition) is 9. The predicted octanol–water partition coefficient (Wildman–Crippen LogP) is 2.76. The van der Waals surface area contributed by atoms with Crippen LogP contribution in [0.1, 0.15) is 0 Å². The molecule has 0 heterocycles. The van der Waals surface area contributed by atoms with E-state index in [1.54, 1.807) is 0 Å². The van der Waals surface area contributed by atoms with E-state index in [0.29, 0.717) is 0 Å². The molecule has 9 nitrogen and oxygen atoms in total. The first-order valence-electron chi connectivity index (χ1n) is 6.77. The van der Waals surface area contributed by atoms with Gasteiger partial charge in [0.15, 0.2) is 34.5 Å². The molecule has 2 aromatic carbocycles. The number of aromatic hydroxyl groups is 2. The zero-order chi connectivity index (χ0) is 20.6. The summed E-state index contributed by atoms with van der Waals surface area (Å²) < 4.78 is 62.1. The fourth-order valence-corrected chi connectivity index (χ4v) is 3.95. The predicted molar refractivity (Wildman–Crippen MR) is 95.5 cm³/mol. The van der Waals surface area contributed by atoms with E-state index in [4.69, 9.17) is 35.6 Å². The summed E-state index contributed by atoms with van der Waals surface area (Å²) in [6.07, 6.45) is 0. The molecular formula is C14H12Cl2O9S2. The summed E-state index contributed by atoms with van der Waals surface area (Å²) in [6, 6.07) is 3.45. The number of hydrogen-bond donors (Lipinski definition) is 2. The number of phenols is 2. The topological polar surface area (TPSA) is 136 Å². The number of phenolic OH excluding ortho intramolecular Hbond substituents is 2. The summed E-state index contributed by atoms with van der Waals surface area (Å²) in [6.45, 7) is 0. The maximum absolute atomic E-state index is 11.8. The van der Waals surface area contributed by atoms with Gasteiger partial charge in [0.1, 0.15) is 9.79 Å². The maximum Gasteiger partial charge on any atom is 0.265 e. The smallest absolute Gasteiger partial charge is 0.265 e. The van der Waals surface area contributed by atoms with Gasteiger partial charge in [-0.3, -0.25) is 0 Å². The Balaban J connectivity index is 2.74. The SMILES string of the molecule is COc1cc(S(=O)(=O)Cl)c(Oc2cc(O)c(OC)cc2S(=O)(=O)Cl)cc1O. The molecule has 0 bridgehead atoms. The first-order chi connectivity index (χ1) is 12.4. The van der Waals surface area contributed by atoms with E-state index in [0.717, 1.165) is 24.3 Å². The number of rotatable bonds is 6. The Morgan fingerprint density at radius 3 is 1.30 bits per heavy atom. The molecule has 0 aliphatic rings. The van der Waals surface area contributed by atoms with E-state index >= 15 is 0 Å². The van der Waals surface area contributed by atoms with E-state index in [9.17, 15) is 27.0 Å². The van der Waals surface area contributed by atoms with E-state index in [-0.39, 0.29) is 11.5 Å². The molecule has 0 atom stereocenters. The van der Waals surface area contributed by atoms with Crippen LogP contribution in [0.3, 0.4) is 0 Å². The Morgan fingerprint density at radius 1 is 0.704 bits per heavy atom. The van der Waals surface area contributed by atoms with Gasteiger partial charge in [0.25, 0.3) is 18.1 Å². The number of ether oxygens (including phenoxy) is 3. The van der Waals surface area contributed by atoms with Crippen molar-refractivity contribution in [2.75, 3.05) is 14.2 Å². The Labute approximate surface area is 163 Å². The molecule has 0 amide bonds. The van der Waals surface area contributed by atoms with Crippen molar-refractivity contribution in [2.45, 2.75) is 9.79 Å². The monoisotopic (exact) mass is 458 g/mol. The van der Waals surface area contributed by atoms with Gasteiger partial charge in [-0.15, -0.1) is 0 Å². The van der Waals surface area contributed by atoms with Gasteiger partial charge in [-0.05, 0) is 0 Å². The van der Waals surface area contributed by atoms with Crippen molar-refractivity contribution in [1.29, 1.82) is 0 Å². The Hall–Kier alpha value is -2.08. The zero-order valence-corrected chi connectivity index (χ0v) is 16.8. The summed E-state index contributed by atoms with van der Waals surface area (Å²) in [5, 5.41) is 19.7. The van der Waals surface area contributed by atoms with Gasteiger partial charge in [-0.25, -0.2) is 16.8 Å². The molecule has 0 aliphatic heterocycles. The first kappa shape index (κ1) is 21.2. The lowest BCUT2D eigenvalue weighted by Gasteiger charge is -2.15. The highest BCUT2D eigenvalue weighted by atomic mass is 35.7. The largest absolute Gasteiger partial charge is 0.504 e. The van der Waals surface area contributed by atoms with Crippen molar-refractivity contribution in [2.24, 2.45) is 0 Å². The summed E-state index contributed by atoms with van der Waals surface area (Å²) >= 11 is 0. The van der Waals surface area contributed by atoms with Crippen LogP contribution in [0.4, 0.5) is 0 Å². The Morgan fingerprint density at radius 2 is 1.04 bits per heavy atom. The normalized spacial score (nSPS) is 11.9. The molecule has 0 spiro atoms. The van der Waals surface area contributed by atoms with Crippen molar-refractivity contribution in [1.82, 2.24) is 0 Å². The summed E-state index contributed by atoms with van der Waals surface area (Å²) in [5.74, 6) is -2.52. The highest BCUT2D eigenvalue weighted by molar-refractivity contribution is 8.14. The van der Waals surface area contributed by atoms with Gasteiger partial charge in [-0.2, -0.15) is 0 Å². The molecule has 2 rings (SSSR count). The van der Waals surface area contributed by atoms with Crippen molar-refractivity contribution >= 4 is 39.5 Å². The second-order valence-corrected chi connectivity index (χ2v) is 9.99. The summed E-state index contributed by atoms with van der Waals surface area (Å²) in [4.78, 5) is -1.24. The third kappa shape index (κ3) is 4.61. The van der Waals surface area contributed by atoms with Crippen LogP contribution in [0, 0.1) is 0 Å². The molecule has 0 aliphatic carbocycles. The van der Waals surface area contributed by atoms with E-state index < -0.39 is 50.9 Å². The van der Waals surface area contributed by atoms with Crippen LogP contribution in [-0.2, 0) is 18.1 Å². The van der Waals surface area contributed by atoms with Gasteiger partial charge in [0.2, 0.25) is 0 Å². The van der Waals surface area contributed by atoms with Crippen LogP contribution < -0.4 is 14.2 Å². The Bertz CT molecular complexity index is 1010. The van der Waals surface area contributed by atoms with Crippen LogP contribution in [0.25, 0.3) is 0 Å². The van der Waals surface area contributed by atoms with Crippen LogP contribution in [0.15, 0.2) is 34.1 Å². The number of methoxy groups -OCH3 is 2. The van der Waals surface area contributed by atoms with Gasteiger partial charge in [-0.1, -0.05) is 0 Å². The minimum Gasteiger partial charge on any atom is -0.504 e. The van der Waals surface area contributed by atoms with E-state index in [1.165, 1.54) is 14.2 Å². The lowest BCUT2D eigenvalue weighted by molar-refractivity contribution is 0.362. The van der Waals surface area contributed by atoms with Crippen LogP contribution >= 0.6 is 21.4 Å². The molecule has 0 saturated carbocycles. The van der Waals surface area contributed by atoms with Crippen LogP contribution in [0.2, 0.25) is 0 Å². The van der Waals surface area contributed by atoms with Gasteiger partial charge in [0.05, 0.1) is 14.2 Å². The average molecular weight is 459 g/mol. The minimum absolute atomic E-state index is 0.218. The summed E-state index contributed by atoms with van der Waals surface area (Å²) in [7, 11) is 4.31. The fraction of sp³-hybridized carbons (Fsp3) is 0.143. The lowest BCUT2D eigenvalue weighted by atomic mass is 10.2. The van der Waals surface area contributed by atoms with Gasteiger partial charge < -0.3 is 24.4 Å². The molecule has 13 heteroatoms. The van der Waals surface area contributed by atoms with Crippen molar-refractivity contribution in [3.63, 3.8) is 0 Å². The molecule has 2 aromatic rings. The van der Waals surface area contributed by atoms with Gasteiger partial charge >= 0.3 is 0 Å². The second-order valence-electron chi connectivity index (χ2n) is 4.92. The standard InChI is InChI=1S/C14H12Cl2O9S2/c1-23-9-5-13(26(15,19)20)11(3-7(9)17)25-12-4-8(18)10(24-2)6-14(12)27(16,21)22/h3-6,17-18H,1-2H3. The second kappa shape index (κ2) is 7.50. The lowest BCUT2D eigenvalue weighted by Crippen LogP contribution is -2.01. The van der Waals surface area contributed by atoms with Crippen molar-refractivity contribution in [3.05, 3.63) is 24.3 Å². The molecule has 0 radical (unpaired) electrons. The van der Waals surface area contributed by atoms with Crippen molar-refractivity contribution < 1.29 is 41.3 Å². The number of halogens is 2. The minimum atomic E-state index is -4.39. The van der Waals surface area contributed by atoms with Crippen LogP contribution in [0.5, 0.6) is 34.5 Å². The fourth-order valence-electron chi connectivity index (χ4n) is 2.05. The molecule has 27 heavy (non-hydrogen) atoms. The molecular weight excluding hydrogens is 447 g/mol. The molecule has 2 N–H and O–H groups in total. The molecule has 148 valence electrons. The summed E-state index contributed by atoms with van der Waals surface area (Å²) in [5.41, 5.74) is 0. The average Bonchev–Trinajstić information content (AvgIpc) is 2.52. The highest BCUT2D eigenvalue weighted by Gasteiger charge is 2.26. The molecule has 0 fully saturated rings. The van der Waals surface area contributed by atoms with E-state index in [2.05, 4.69) is 0 Å². The molecule has 0 unspecified atom stereocenters. The maximum atomic E-state index is 11.8. The van der Waals surface area contributed by atoms with Crippen LogP contribution in [-0.4, -0.2) is 41.3 Å². The zero-order valence-electron chi connectivity index (χ0n) is 13.6. The first-order valence-corrected chi connectivity index (χ1v) is 11.4. The van der Waals surface area contributed by atoms with Crippen molar-refractivity contribution in [3.8, 4) is 34.5 Å². The Kier molecular flexibility index (Phi) is 5.90. The third-order valence-corrected chi connectivity index (χ3v) is 5.92. The molecule has 0 saturated heterocycles. The van der Waals surface area contributed by atoms with Gasteiger partial charge in [0, 0.05) is 45.6 Å². The molecule has 0 aromatic heterocycles. The highest BCUT2D eigenvalue weighted by Crippen LogP contribution is 2.44. The quantitative estimate of drug-likeness (QED) is 0.625.